The normalized spacial score (nSPS) is 11.9. The van der Waals surface area contributed by atoms with Gasteiger partial charge in [0, 0.05) is 10.8 Å². The molecule has 0 spiro atoms. The lowest BCUT2D eigenvalue weighted by atomic mass is 10.0. The number of phenolic OH excluding ortho intramolecular Hbond substituents is 1. The van der Waals surface area contributed by atoms with Crippen LogP contribution in [-0.2, 0) is 10.0 Å². The Bertz CT molecular complexity index is 1510. The van der Waals surface area contributed by atoms with Crippen LogP contribution in [0.4, 0.5) is 0 Å². The van der Waals surface area contributed by atoms with Gasteiger partial charge in [-0.2, -0.15) is 0 Å². The van der Waals surface area contributed by atoms with Gasteiger partial charge in [0.05, 0.1) is 10.4 Å². The Morgan fingerprint density at radius 1 is 0.800 bits per heavy atom. The van der Waals surface area contributed by atoms with E-state index in [1.165, 1.54) is 3.97 Å². The van der Waals surface area contributed by atoms with Crippen LogP contribution in [0.25, 0.3) is 33.1 Å². The predicted octanol–water partition coefficient (Wildman–Crippen LogP) is 5.45. The fourth-order valence-electron chi connectivity index (χ4n) is 3.61. The Hall–Kier alpha value is -3.35. The van der Waals surface area contributed by atoms with Gasteiger partial charge in [0.15, 0.2) is 5.65 Å². The van der Waals surface area contributed by atoms with Crippen molar-refractivity contribution in [2.24, 2.45) is 0 Å². The first kappa shape index (κ1) is 18.7. The molecule has 5 nitrogen and oxygen atoms in total. The van der Waals surface area contributed by atoms with E-state index >= 15 is 0 Å². The predicted molar refractivity (Wildman–Crippen MR) is 118 cm³/mol. The molecule has 0 bridgehead atoms. The molecule has 0 aliphatic heterocycles. The molecule has 148 valence electrons. The number of fused-ring (bicyclic) bond motifs is 3. The maximum Gasteiger partial charge on any atom is 0.269 e. The molecule has 0 saturated carbocycles. The van der Waals surface area contributed by atoms with Gasteiger partial charge in [0.2, 0.25) is 0 Å². The SMILES string of the molecule is O=S(=O)(c1ccccc1)n1c2ccc(-c3ccc(O)cc3)cc2c2ccc(Cl)nc21. The summed E-state index contributed by atoms with van der Waals surface area (Å²) < 4.78 is 28.2. The Morgan fingerprint density at radius 2 is 1.50 bits per heavy atom. The molecule has 2 heterocycles. The molecule has 0 amide bonds. The number of phenols is 1. The molecule has 0 fully saturated rings. The molecule has 30 heavy (non-hydrogen) atoms. The van der Waals surface area contributed by atoms with Gasteiger partial charge in [-0.25, -0.2) is 17.4 Å². The van der Waals surface area contributed by atoms with Crippen LogP contribution in [0.2, 0.25) is 5.15 Å². The van der Waals surface area contributed by atoms with Crippen LogP contribution in [0.3, 0.4) is 0 Å². The number of pyridine rings is 1. The summed E-state index contributed by atoms with van der Waals surface area (Å²) >= 11 is 6.11. The minimum atomic E-state index is -3.89. The molecule has 0 unspecified atom stereocenters. The zero-order chi connectivity index (χ0) is 20.9. The first-order chi connectivity index (χ1) is 14.4. The quantitative estimate of drug-likeness (QED) is 0.383. The summed E-state index contributed by atoms with van der Waals surface area (Å²) in [5.74, 6) is 0.184. The molecule has 7 heteroatoms. The van der Waals surface area contributed by atoms with Crippen molar-refractivity contribution < 1.29 is 13.5 Å². The summed E-state index contributed by atoms with van der Waals surface area (Å²) in [5.41, 5.74) is 2.60. The lowest BCUT2D eigenvalue weighted by molar-refractivity contribution is 0.475. The Kier molecular flexibility index (Phi) is 4.27. The van der Waals surface area contributed by atoms with E-state index in [4.69, 9.17) is 11.6 Å². The number of rotatable bonds is 3. The van der Waals surface area contributed by atoms with Gasteiger partial charge in [-0.05, 0) is 59.7 Å². The van der Waals surface area contributed by atoms with Crippen molar-refractivity contribution in [3.63, 3.8) is 0 Å². The topological polar surface area (TPSA) is 72.2 Å². The van der Waals surface area contributed by atoms with Crippen molar-refractivity contribution in [1.29, 1.82) is 0 Å². The van der Waals surface area contributed by atoms with Crippen molar-refractivity contribution in [3.05, 3.63) is 90.1 Å². The molecular formula is C23H15ClN2O3S. The fourth-order valence-corrected chi connectivity index (χ4v) is 5.25. The number of hydrogen-bond donors (Lipinski definition) is 1. The van der Waals surface area contributed by atoms with Crippen LogP contribution in [0.1, 0.15) is 0 Å². The van der Waals surface area contributed by atoms with Crippen molar-refractivity contribution in [1.82, 2.24) is 8.96 Å². The summed E-state index contributed by atoms with van der Waals surface area (Å²) in [7, 11) is -3.89. The van der Waals surface area contributed by atoms with Crippen molar-refractivity contribution >= 4 is 43.6 Å². The van der Waals surface area contributed by atoms with Gasteiger partial charge in [-0.1, -0.05) is 48.0 Å². The van der Waals surface area contributed by atoms with Gasteiger partial charge in [0.25, 0.3) is 10.0 Å². The molecule has 5 rings (SSSR count). The number of halogens is 1. The summed E-state index contributed by atoms with van der Waals surface area (Å²) in [6.07, 6.45) is 0. The molecular weight excluding hydrogens is 420 g/mol. The van der Waals surface area contributed by atoms with Gasteiger partial charge in [-0.15, -0.1) is 0 Å². The van der Waals surface area contributed by atoms with Crippen molar-refractivity contribution in [2.75, 3.05) is 0 Å². The second-order valence-corrected chi connectivity index (χ2v) is 9.04. The maximum absolute atomic E-state index is 13.5. The molecule has 0 saturated heterocycles. The van der Waals surface area contributed by atoms with Crippen LogP contribution in [-0.4, -0.2) is 22.5 Å². The molecule has 2 aromatic heterocycles. The second kappa shape index (κ2) is 6.86. The minimum absolute atomic E-state index is 0.174. The Balaban J connectivity index is 1.84. The van der Waals surface area contributed by atoms with E-state index in [9.17, 15) is 13.5 Å². The summed E-state index contributed by atoms with van der Waals surface area (Å²) in [4.78, 5) is 4.51. The summed E-state index contributed by atoms with van der Waals surface area (Å²) in [6.45, 7) is 0. The molecule has 5 aromatic rings. The van der Waals surface area contributed by atoms with Crippen molar-refractivity contribution in [3.8, 4) is 16.9 Å². The smallest absolute Gasteiger partial charge is 0.269 e. The standard InChI is InChI=1S/C23H15ClN2O3S/c24-22-13-11-19-20-14-16(15-6-9-17(27)10-7-15)8-12-21(20)26(23(19)25-22)30(28,29)18-4-2-1-3-5-18/h1-14,27H. The van der Waals surface area contributed by atoms with Gasteiger partial charge in [0.1, 0.15) is 10.9 Å². The number of aromatic hydroxyl groups is 1. The average molecular weight is 435 g/mol. The zero-order valence-corrected chi connectivity index (χ0v) is 17.1. The molecule has 0 aliphatic carbocycles. The lowest BCUT2D eigenvalue weighted by Crippen LogP contribution is -2.13. The summed E-state index contributed by atoms with van der Waals surface area (Å²) in [5, 5.41) is 11.2. The highest BCUT2D eigenvalue weighted by atomic mass is 35.5. The maximum atomic E-state index is 13.5. The van der Waals surface area contributed by atoms with Crippen LogP contribution in [0.5, 0.6) is 5.75 Å². The van der Waals surface area contributed by atoms with E-state index in [1.54, 1.807) is 60.7 Å². The Labute approximate surface area is 177 Å². The van der Waals surface area contributed by atoms with E-state index in [-0.39, 0.29) is 21.4 Å². The molecule has 0 atom stereocenters. The third kappa shape index (κ3) is 2.93. The van der Waals surface area contributed by atoms with Crippen LogP contribution in [0, 0.1) is 0 Å². The van der Waals surface area contributed by atoms with Gasteiger partial charge < -0.3 is 5.11 Å². The van der Waals surface area contributed by atoms with Crippen molar-refractivity contribution in [2.45, 2.75) is 4.90 Å². The van der Waals surface area contributed by atoms with Gasteiger partial charge >= 0.3 is 0 Å². The van der Waals surface area contributed by atoms with Gasteiger partial charge in [-0.3, -0.25) is 0 Å². The average Bonchev–Trinajstić information content (AvgIpc) is 3.08. The highest BCUT2D eigenvalue weighted by molar-refractivity contribution is 7.90. The number of hydrogen-bond acceptors (Lipinski definition) is 4. The highest BCUT2D eigenvalue weighted by Gasteiger charge is 2.24. The highest BCUT2D eigenvalue weighted by Crippen LogP contribution is 2.35. The van der Waals surface area contributed by atoms with E-state index in [0.717, 1.165) is 16.5 Å². The van der Waals surface area contributed by atoms with Crippen LogP contribution >= 0.6 is 11.6 Å². The molecule has 0 radical (unpaired) electrons. The van der Waals surface area contributed by atoms with E-state index in [0.29, 0.717) is 10.9 Å². The number of nitrogens with zero attached hydrogens (tertiary/aromatic N) is 2. The third-order valence-electron chi connectivity index (χ3n) is 5.02. The fraction of sp³-hybridized carbons (Fsp3) is 0. The van der Waals surface area contributed by atoms with Crippen LogP contribution < -0.4 is 0 Å². The van der Waals surface area contributed by atoms with E-state index < -0.39 is 10.0 Å². The lowest BCUT2D eigenvalue weighted by Gasteiger charge is -2.09. The number of aromatic nitrogens is 2. The number of benzene rings is 3. The van der Waals surface area contributed by atoms with E-state index in [2.05, 4.69) is 4.98 Å². The monoisotopic (exact) mass is 434 g/mol. The second-order valence-electron chi connectivity index (χ2n) is 6.87. The first-order valence-corrected chi connectivity index (χ1v) is 11.0. The summed E-state index contributed by atoms with van der Waals surface area (Å²) in [6, 6.07) is 24.1. The Morgan fingerprint density at radius 3 is 2.23 bits per heavy atom. The minimum Gasteiger partial charge on any atom is -0.508 e. The third-order valence-corrected chi connectivity index (χ3v) is 6.95. The van der Waals surface area contributed by atoms with E-state index in [1.807, 2.05) is 24.3 Å². The molecule has 0 aliphatic rings. The molecule has 3 aromatic carbocycles. The van der Waals surface area contributed by atoms with Crippen LogP contribution in [0.15, 0.2) is 89.8 Å². The largest absolute Gasteiger partial charge is 0.508 e. The molecule has 1 N–H and O–H groups in total. The zero-order valence-electron chi connectivity index (χ0n) is 15.5. The first-order valence-electron chi connectivity index (χ1n) is 9.16.